The van der Waals surface area contributed by atoms with Crippen LogP contribution in [0.2, 0.25) is 5.02 Å². The van der Waals surface area contributed by atoms with Crippen LogP contribution in [0.15, 0.2) is 54.6 Å². The highest BCUT2D eigenvalue weighted by molar-refractivity contribution is 6.33. The van der Waals surface area contributed by atoms with Gasteiger partial charge in [0.05, 0.1) is 16.7 Å². The number of para-hydroxylation sites is 2. The predicted octanol–water partition coefficient (Wildman–Crippen LogP) is 4.43. The van der Waals surface area contributed by atoms with Crippen molar-refractivity contribution in [1.29, 1.82) is 0 Å². The molecule has 0 aliphatic carbocycles. The van der Waals surface area contributed by atoms with E-state index in [2.05, 4.69) is 15.0 Å². The first-order valence-corrected chi connectivity index (χ1v) is 6.69. The normalized spacial score (nSPS) is 11.2. The molecule has 20 heavy (non-hydrogen) atoms. The maximum atomic E-state index is 6.23. The molecule has 0 amide bonds. The maximum Gasteiger partial charge on any atom is 0.157 e. The van der Waals surface area contributed by atoms with Gasteiger partial charge in [0, 0.05) is 10.6 Å². The molecule has 4 heteroatoms. The molecule has 0 aliphatic rings. The van der Waals surface area contributed by atoms with E-state index in [9.17, 15) is 0 Å². The lowest BCUT2D eigenvalue weighted by molar-refractivity contribution is 1.34. The SMILES string of the molecule is Clc1ccccc1-c1cc2nc3ccccc3nc2[nH]1. The maximum absolute atomic E-state index is 6.23. The molecule has 0 radical (unpaired) electrons. The molecule has 3 nitrogen and oxygen atoms in total. The van der Waals surface area contributed by atoms with E-state index in [4.69, 9.17) is 11.6 Å². The smallest absolute Gasteiger partial charge is 0.157 e. The summed E-state index contributed by atoms with van der Waals surface area (Å²) in [5.41, 5.74) is 5.29. The number of benzene rings is 2. The number of halogens is 1. The van der Waals surface area contributed by atoms with Gasteiger partial charge >= 0.3 is 0 Å². The van der Waals surface area contributed by atoms with E-state index in [0.29, 0.717) is 5.02 Å². The van der Waals surface area contributed by atoms with Crippen molar-refractivity contribution in [2.75, 3.05) is 0 Å². The predicted molar refractivity (Wildman–Crippen MR) is 81.8 cm³/mol. The summed E-state index contributed by atoms with van der Waals surface area (Å²) >= 11 is 6.23. The van der Waals surface area contributed by atoms with Gasteiger partial charge in [-0.1, -0.05) is 41.9 Å². The first-order chi connectivity index (χ1) is 9.81. The molecule has 2 aromatic carbocycles. The number of aromatic nitrogens is 3. The number of nitrogens with one attached hydrogen (secondary N) is 1. The lowest BCUT2D eigenvalue weighted by Gasteiger charge is -1.99. The molecule has 0 unspecified atom stereocenters. The van der Waals surface area contributed by atoms with Crippen LogP contribution in [0, 0.1) is 0 Å². The Kier molecular flexibility index (Phi) is 2.47. The van der Waals surface area contributed by atoms with Crippen molar-refractivity contribution in [3.63, 3.8) is 0 Å². The summed E-state index contributed by atoms with van der Waals surface area (Å²) in [6.45, 7) is 0. The van der Waals surface area contributed by atoms with E-state index >= 15 is 0 Å². The van der Waals surface area contributed by atoms with Crippen molar-refractivity contribution in [2.45, 2.75) is 0 Å². The largest absolute Gasteiger partial charge is 0.338 e. The number of H-pyrrole nitrogens is 1. The van der Waals surface area contributed by atoms with Crippen LogP contribution in [-0.2, 0) is 0 Å². The summed E-state index contributed by atoms with van der Waals surface area (Å²) < 4.78 is 0. The van der Waals surface area contributed by atoms with Crippen molar-refractivity contribution in [3.05, 3.63) is 59.6 Å². The number of hydrogen-bond donors (Lipinski definition) is 1. The van der Waals surface area contributed by atoms with Crippen LogP contribution in [0.1, 0.15) is 0 Å². The van der Waals surface area contributed by atoms with E-state index in [1.165, 1.54) is 0 Å². The standard InChI is InChI=1S/C16H10ClN3/c17-11-6-2-1-5-10(11)14-9-15-16(20-14)19-13-8-4-3-7-12(13)18-15/h1-9H,(H,19,20). The average molecular weight is 280 g/mol. The summed E-state index contributed by atoms with van der Waals surface area (Å²) in [4.78, 5) is 12.5. The van der Waals surface area contributed by atoms with Gasteiger partial charge in [-0.25, -0.2) is 9.97 Å². The molecule has 0 saturated heterocycles. The lowest BCUT2D eigenvalue weighted by atomic mass is 10.1. The van der Waals surface area contributed by atoms with Gasteiger partial charge in [-0.05, 0) is 24.3 Å². The molecular formula is C16H10ClN3. The summed E-state index contributed by atoms with van der Waals surface area (Å²) in [5.74, 6) is 0. The third-order valence-electron chi connectivity index (χ3n) is 3.30. The zero-order chi connectivity index (χ0) is 13.5. The van der Waals surface area contributed by atoms with Gasteiger partial charge in [0.2, 0.25) is 0 Å². The summed E-state index contributed by atoms with van der Waals surface area (Å²) in [6, 6.07) is 17.6. The van der Waals surface area contributed by atoms with Gasteiger partial charge in [-0.2, -0.15) is 0 Å². The third-order valence-corrected chi connectivity index (χ3v) is 3.63. The molecule has 2 aromatic heterocycles. The van der Waals surface area contributed by atoms with Gasteiger partial charge in [0.15, 0.2) is 5.65 Å². The molecule has 0 aliphatic heterocycles. The lowest BCUT2D eigenvalue weighted by Crippen LogP contribution is -1.84. The van der Waals surface area contributed by atoms with Crippen molar-refractivity contribution >= 4 is 33.8 Å². The Morgan fingerprint density at radius 1 is 0.800 bits per heavy atom. The quantitative estimate of drug-likeness (QED) is 0.560. The van der Waals surface area contributed by atoms with Gasteiger partial charge in [0.25, 0.3) is 0 Å². The Balaban J connectivity index is 1.99. The molecule has 4 rings (SSSR count). The van der Waals surface area contributed by atoms with E-state index in [1.807, 2.05) is 54.6 Å². The summed E-state index contributed by atoms with van der Waals surface area (Å²) in [6.07, 6.45) is 0. The van der Waals surface area contributed by atoms with E-state index in [-0.39, 0.29) is 0 Å². The van der Waals surface area contributed by atoms with Gasteiger partial charge in [-0.15, -0.1) is 0 Å². The molecule has 0 bridgehead atoms. The minimum absolute atomic E-state index is 0.712. The minimum Gasteiger partial charge on any atom is -0.338 e. The van der Waals surface area contributed by atoms with Crippen LogP contribution in [-0.4, -0.2) is 15.0 Å². The highest BCUT2D eigenvalue weighted by Gasteiger charge is 2.09. The van der Waals surface area contributed by atoms with Crippen LogP contribution >= 0.6 is 11.6 Å². The summed E-state index contributed by atoms with van der Waals surface area (Å²) in [7, 11) is 0. The summed E-state index contributed by atoms with van der Waals surface area (Å²) in [5, 5.41) is 0.712. The zero-order valence-corrected chi connectivity index (χ0v) is 11.2. The average Bonchev–Trinajstić information content (AvgIpc) is 2.87. The second-order valence-electron chi connectivity index (χ2n) is 4.61. The van der Waals surface area contributed by atoms with Crippen molar-refractivity contribution < 1.29 is 0 Å². The number of rotatable bonds is 1. The van der Waals surface area contributed by atoms with Gasteiger partial charge in [0.1, 0.15) is 5.52 Å². The molecule has 1 N–H and O–H groups in total. The highest BCUT2D eigenvalue weighted by atomic mass is 35.5. The van der Waals surface area contributed by atoms with Crippen LogP contribution in [0.5, 0.6) is 0 Å². The molecule has 2 heterocycles. The molecular weight excluding hydrogens is 270 g/mol. The van der Waals surface area contributed by atoms with Gasteiger partial charge in [-0.3, -0.25) is 0 Å². The van der Waals surface area contributed by atoms with Crippen LogP contribution in [0.4, 0.5) is 0 Å². The fourth-order valence-electron chi connectivity index (χ4n) is 2.33. The fourth-order valence-corrected chi connectivity index (χ4v) is 2.57. The fraction of sp³-hybridized carbons (Fsp3) is 0. The van der Waals surface area contributed by atoms with Crippen molar-refractivity contribution in [2.24, 2.45) is 0 Å². The Morgan fingerprint density at radius 3 is 2.30 bits per heavy atom. The van der Waals surface area contributed by atoms with E-state index in [0.717, 1.165) is 33.5 Å². The first-order valence-electron chi connectivity index (χ1n) is 6.32. The highest BCUT2D eigenvalue weighted by Crippen LogP contribution is 2.29. The van der Waals surface area contributed by atoms with Crippen LogP contribution < -0.4 is 0 Å². The second-order valence-corrected chi connectivity index (χ2v) is 5.02. The Bertz CT molecular complexity index is 875. The Hall–Kier alpha value is -2.39. The Morgan fingerprint density at radius 2 is 1.50 bits per heavy atom. The zero-order valence-electron chi connectivity index (χ0n) is 10.5. The number of nitrogens with zero attached hydrogens (tertiary/aromatic N) is 2. The molecule has 0 atom stereocenters. The monoisotopic (exact) mass is 279 g/mol. The van der Waals surface area contributed by atoms with E-state index in [1.54, 1.807) is 0 Å². The first kappa shape index (κ1) is 11.4. The molecule has 0 fully saturated rings. The van der Waals surface area contributed by atoms with Crippen molar-refractivity contribution in [3.8, 4) is 11.3 Å². The number of fused-ring (bicyclic) bond motifs is 2. The van der Waals surface area contributed by atoms with Crippen LogP contribution in [0.25, 0.3) is 33.5 Å². The minimum atomic E-state index is 0.712. The van der Waals surface area contributed by atoms with Gasteiger partial charge < -0.3 is 4.98 Å². The molecule has 4 aromatic rings. The molecule has 0 saturated carbocycles. The number of hydrogen-bond acceptors (Lipinski definition) is 2. The van der Waals surface area contributed by atoms with Crippen LogP contribution in [0.3, 0.4) is 0 Å². The van der Waals surface area contributed by atoms with Crippen molar-refractivity contribution in [1.82, 2.24) is 15.0 Å². The van der Waals surface area contributed by atoms with E-state index < -0.39 is 0 Å². The molecule has 0 spiro atoms. The third kappa shape index (κ3) is 1.75. The topological polar surface area (TPSA) is 41.6 Å². The Labute approximate surface area is 120 Å². The number of aromatic amines is 1. The second kappa shape index (κ2) is 4.32. The molecule has 96 valence electrons.